The molecule has 35 heavy (non-hydrogen) atoms. The first-order valence-electron chi connectivity index (χ1n) is 11.3. The van der Waals surface area contributed by atoms with Gasteiger partial charge in [-0.3, -0.25) is 9.36 Å². The van der Waals surface area contributed by atoms with Crippen LogP contribution in [-0.2, 0) is 9.53 Å². The molecular weight excluding hydrogens is 460 g/mol. The van der Waals surface area contributed by atoms with Gasteiger partial charge >= 0.3 is 5.97 Å². The first-order chi connectivity index (χ1) is 17.0. The number of methoxy groups -OCH3 is 1. The van der Waals surface area contributed by atoms with Crippen LogP contribution in [0.5, 0.6) is 5.75 Å². The van der Waals surface area contributed by atoms with Crippen molar-refractivity contribution in [2.24, 2.45) is 4.99 Å². The van der Waals surface area contributed by atoms with Gasteiger partial charge in [0, 0.05) is 0 Å². The van der Waals surface area contributed by atoms with E-state index in [4.69, 9.17) is 9.47 Å². The molecule has 0 saturated carbocycles. The maximum absolute atomic E-state index is 13.8. The van der Waals surface area contributed by atoms with E-state index in [1.807, 2.05) is 72.8 Å². The molecule has 0 bridgehead atoms. The summed E-state index contributed by atoms with van der Waals surface area (Å²) < 4.78 is 12.8. The van der Waals surface area contributed by atoms with Crippen LogP contribution in [0.15, 0.2) is 87.8 Å². The first kappa shape index (κ1) is 22.8. The van der Waals surface area contributed by atoms with Crippen LogP contribution in [0.2, 0.25) is 0 Å². The molecule has 4 aromatic rings. The molecule has 2 heterocycles. The Balaban J connectivity index is 1.74. The number of nitrogens with zero attached hydrogens (tertiary/aromatic N) is 2. The Kier molecular flexibility index (Phi) is 6.09. The van der Waals surface area contributed by atoms with Crippen LogP contribution in [0.3, 0.4) is 0 Å². The maximum Gasteiger partial charge on any atom is 0.338 e. The molecule has 176 valence electrons. The molecule has 1 unspecified atom stereocenters. The van der Waals surface area contributed by atoms with Crippen LogP contribution in [0, 0.1) is 0 Å². The lowest BCUT2D eigenvalue weighted by Crippen LogP contribution is -2.39. The molecule has 1 aromatic heterocycles. The largest absolute Gasteiger partial charge is 0.497 e. The van der Waals surface area contributed by atoms with Gasteiger partial charge in [0.2, 0.25) is 0 Å². The number of carbonyl (C=O) groups is 1. The van der Waals surface area contributed by atoms with Crippen LogP contribution in [-0.4, -0.2) is 24.3 Å². The van der Waals surface area contributed by atoms with Gasteiger partial charge in [0.05, 0.1) is 35.6 Å². The van der Waals surface area contributed by atoms with E-state index in [9.17, 15) is 9.59 Å². The fourth-order valence-electron chi connectivity index (χ4n) is 4.41. The van der Waals surface area contributed by atoms with Gasteiger partial charge in [-0.2, -0.15) is 0 Å². The zero-order valence-corrected chi connectivity index (χ0v) is 20.5. The number of allylic oxidation sites excluding steroid dienone is 1. The fourth-order valence-corrected chi connectivity index (χ4v) is 5.45. The van der Waals surface area contributed by atoms with E-state index >= 15 is 0 Å². The molecule has 0 aliphatic carbocycles. The van der Waals surface area contributed by atoms with E-state index in [1.165, 1.54) is 11.3 Å². The van der Waals surface area contributed by atoms with Crippen LogP contribution >= 0.6 is 11.3 Å². The highest BCUT2D eigenvalue weighted by molar-refractivity contribution is 7.07. The quantitative estimate of drug-likeness (QED) is 0.402. The van der Waals surface area contributed by atoms with Gasteiger partial charge in [0.1, 0.15) is 5.75 Å². The van der Waals surface area contributed by atoms with Crippen molar-refractivity contribution in [1.82, 2.24) is 4.57 Å². The van der Waals surface area contributed by atoms with E-state index in [-0.39, 0.29) is 12.2 Å². The van der Waals surface area contributed by atoms with E-state index in [2.05, 4.69) is 4.99 Å². The highest BCUT2D eigenvalue weighted by Gasteiger charge is 2.33. The number of esters is 1. The SMILES string of the molecule is CCOC(=O)C1=C(C)N=c2s/c(=C\c3cccc4ccccc34)c(=O)n2C1c1ccc(OC)cc1. The van der Waals surface area contributed by atoms with Gasteiger partial charge in [-0.05, 0) is 54.0 Å². The molecule has 6 nitrogen and oxygen atoms in total. The zero-order valence-electron chi connectivity index (χ0n) is 19.6. The van der Waals surface area contributed by atoms with Crippen molar-refractivity contribution >= 4 is 34.2 Å². The normalized spacial score (nSPS) is 15.6. The summed E-state index contributed by atoms with van der Waals surface area (Å²) in [6.07, 6.45) is 1.90. The van der Waals surface area contributed by atoms with Gasteiger partial charge in [-0.25, -0.2) is 9.79 Å². The number of fused-ring (bicyclic) bond motifs is 2. The van der Waals surface area contributed by atoms with Crippen LogP contribution in [0.1, 0.15) is 31.0 Å². The second kappa shape index (κ2) is 9.35. The van der Waals surface area contributed by atoms with E-state index in [0.717, 1.165) is 21.9 Å². The van der Waals surface area contributed by atoms with Gasteiger partial charge in [-0.15, -0.1) is 0 Å². The maximum atomic E-state index is 13.8. The van der Waals surface area contributed by atoms with E-state index in [1.54, 1.807) is 25.5 Å². The Bertz CT molecular complexity index is 1640. The number of thiazole rings is 1. The summed E-state index contributed by atoms with van der Waals surface area (Å²) in [6.45, 7) is 3.77. The van der Waals surface area contributed by atoms with E-state index < -0.39 is 12.0 Å². The number of hydrogen-bond donors (Lipinski definition) is 0. The molecule has 3 aromatic carbocycles. The fraction of sp³-hybridized carbons (Fsp3) is 0.179. The standard InChI is InChI=1S/C28H24N2O4S/c1-4-34-27(32)24-17(2)29-28-30(25(24)19-12-14-21(33-3)15-13-19)26(31)23(35-28)16-20-10-7-9-18-8-5-6-11-22(18)20/h5-16,25H,4H2,1-3H3/b23-16-. The van der Waals surface area contributed by atoms with Gasteiger partial charge in [-0.1, -0.05) is 65.9 Å². The number of benzene rings is 3. The lowest BCUT2D eigenvalue weighted by Gasteiger charge is -2.24. The number of hydrogen-bond acceptors (Lipinski definition) is 6. The zero-order chi connectivity index (χ0) is 24.5. The second-order valence-corrected chi connectivity index (χ2v) is 9.15. The van der Waals surface area contributed by atoms with Crippen molar-refractivity contribution in [2.75, 3.05) is 13.7 Å². The number of carbonyl (C=O) groups excluding carboxylic acids is 1. The van der Waals surface area contributed by atoms with Crippen molar-refractivity contribution in [3.05, 3.63) is 109 Å². The number of aromatic nitrogens is 1. The van der Waals surface area contributed by atoms with Crippen molar-refractivity contribution in [1.29, 1.82) is 0 Å². The smallest absolute Gasteiger partial charge is 0.338 e. The highest BCUT2D eigenvalue weighted by atomic mass is 32.1. The van der Waals surface area contributed by atoms with Gasteiger partial charge < -0.3 is 9.47 Å². The Morgan fingerprint density at radius 1 is 1.09 bits per heavy atom. The van der Waals surface area contributed by atoms with Crippen LogP contribution in [0.4, 0.5) is 0 Å². The summed E-state index contributed by atoms with van der Waals surface area (Å²) in [7, 11) is 1.60. The first-order valence-corrected chi connectivity index (χ1v) is 12.1. The predicted octanol–water partition coefficient (Wildman–Crippen LogP) is 3.96. The third kappa shape index (κ3) is 4.08. The summed E-state index contributed by atoms with van der Waals surface area (Å²) in [6, 6.07) is 20.8. The number of ether oxygens (including phenoxy) is 2. The topological polar surface area (TPSA) is 69.9 Å². The average Bonchev–Trinajstić information content (AvgIpc) is 3.18. The van der Waals surface area contributed by atoms with Crippen molar-refractivity contribution in [3.8, 4) is 5.75 Å². The second-order valence-electron chi connectivity index (χ2n) is 8.14. The Hall–Kier alpha value is -3.97. The molecule has 0 fully saturated rings. The molecular formula is C28H24N2O4S. The Morgan fingerprint density at radius 2 is 1.83 bits per heavy atom. The summed E-state index contributed by atoms with van der Waals surface area (Å²) in [4.78, 5) is 32.0. The molecule has 0 radical (unpaired) electrons. The minimum Gasteiger partial charge on any atom is -0.497 e. The van der Waals surface area contributed by atoms with Gasteiger partial charge in [0.15, 0.2) is 4.80 Å². The molecule has 0 spiro atoms. The predicted molar refractivity (Wildman–Crippen MR) is 137 cm³/mol. The molecule has 1 atom stereocenters. The summed E-state index contributed by atoms with van der Waals surface area (Å²) in [5.41, 5.74) is 2.44. The molecule has 1 aliphatic heterocycles. The molecule has 5 rings (SSSR count). The summed E-state index contributed by atoms with van der Waals surface area (Å²) in [5, 5.41) is 2.17. The lowest BCUT2D eigenvalue weighted by atomic mass is 9.96. The molecule has 1 aliphatic rings. The van der Waals surface area contributed by atoms with Crippen molar-refractivity contribution in [3.63, 3.8) is 0 Å². The van der Waals surface area contributed by atoms with Crippen molar-refractivity contribution < 1.29 is 14.3 Å². The molecule has 7 heteroatoms. The highest BCUT2D eigenvalue weighted by Crippen LogP contribution is 2.31. The average molecular weight is 485 g/mol. The molecule has 0 N–H and O–H groups in total. The third-order valence-corrected chi connectivity index (χ3v) is 7.04. The minimum absolute atomic E-state index is 0.197. The van der Waals surface area contributed by atoms with Gasteiger partial charge in [0.25, 0.3) is 5.56 Å². The molecule has 0 saturated heterocycles. The number of rotatable bonds is 5. The lowest BCUT2D eigenvalue weighted by molar-refractivity contribution is -0.139. The van der Waals surface area contributed by atoms with Crippen LogP contribution < -0.4 is 19.6 Å². The Morgan fingerprint density at radius 3 is 2.57 bits per heavy atom. The molecule has 0 amide bonds. The van der Waals surface area contributed by atoms with Crippen molar-refractivity contribution in [2.45, 2.75) is 19.9 Å². The summed E-state index contributed by atoms with van der Waals surface area (Å²) >= 11 is 1.32. The van der Waals surface area contributed by atoms with Crippen LogP contribution in [0.25, 0.3) is 16.8 Å². The third-order valence-electron chi connectivity index (χ3n) is 6.06. The summed E-state index contributed by atoms with van der Waals surface area (Å²) in [5.74, 6) is 0.216. The minimum atomic E-state index is -0.647. The monoisotopic (exact) mass is 484 g/mol. The Labute approximate surface area is 206 Å². The van der Waals surface area contributed by atoms with E-state index in [0.29, 0.717) is 26.4 Å².